The number of nitrogens with zero attached hydrogens (tertiary/aromatic N) is 1. The predicted molar refractivity (Wildman–Crippen MR) is 117 cm³/mol. The van der Waals surface area contributed by atoms with E-state index >= 15 is 0 Å². The molecule has 8 heteroatoms. The Balaban J connectivity index is 1.39. The summed E-state index contributed by atoms with van der Waals surface area (Å²) in [5, 5.41) is 2.84. The summed E-state index contributed by atoms with van der Waals surface area (Å²) in [6.45, 7) is 1.53. The van der Waals surface area contributed by atoms with Gasteiger partial charge in [0, 0.05) is 29.9 Å². The number of carbonyl (C=O) groups is 1. The van der Waals surface area contributed by atoms with Crippen LogP contribution in [0, 0.1) is 0 Å². The van der Waals surface area contributed by atoms with Crippen molar-refractivity contribution in [2.75, 3.05) is 31.6 Å². The lowest BCUT2D eigenvalue weighted by atomic mass is 10.1. The van der Waals surface area contributed by atoms with Gasteiger partial charge in [0.25, 0.3) is 5.91 Å². The molecule has 0 unspecified atom stereocenters. The standard InChI is InChI=1S/C23H20N2O5S/c26-23-20(19-3-1-2-4-21(19)24-23)15-17-7-10-22(30-17)16-5-8-18(9-6-16)31(27,28)25-11-13-29-14-12-25/h1-10,15H,11-14H2,(H,24,26)/b20-15+. The van der Waals surface area contributed by atoms with Crippen LogP contribution in [0.2, 0.25) is 0 Å². The topological polar surface area (TPSA) is 88.9 Å². The van der Waals surface area contributed by atoms with Gasteiger partial charge >= 0.3 is 0 Å². The maximum Gasteiger partial charge on any atom is 0.256 e. The molecule has 31 heavy (non-hydrogen) atoms. The maximum absolute atomic E-state index is 12.8. The highest BCUT2D eigenvalue weighted by atomic mass is 32.2. The number of morpholine rings is 1. The van der Waals surface area contributed by atoms with Crippen molar-refractivity contribution in [2.24, 2.45) is 0 Å². The minimum atomic E-state index is -3.54. The number of hydrogen-bond acceptors (Lipinski definition) is 5. The number of nitrogens with one attached hydrogen (secondary N) is 1. The number of amides is 1. The van der Waals surface area contributed by atoms with Gasteiger partial charge in [-0.2, -0.15) is 4.31 Å². The molecule has 1 N–H and O–H groups in total. The molecule has 0 spiro atoms. The summed E-state index contributed by atoms with van der Waals surface area (Å²) in [6, 6.07) is 17.7. The Morgan fingerprint density at radius 3 is 2.45 bits per heavy atom. The summed E-state index contributed by atoms with van der Waals surface area (Å²) >= 11 is 0. The number of carbonyl (C=O) groups excluding carboxylic acids is 1. The summed E-state index contributed by atoms with van der Waals surface area (Å²) in [5.74, 6) is 0.965. The van der Waals surface area contributed by atoms with Crippen molar-refractivity contribution >= 4 is 33.3 Å². The molecule has 0 aliphatic carbocycles. The second-order valence-corrected chi connectivity index (χ2v) is 9.24. The van der Waals surface area contributed by atoms with E-state index in [1.165, 1.54) is 4.31 Å². The third-order valence-electron chi connectivity index (χ3n) is 5.37. The van der Waals surface area contributed by atoms with Crippen molar-refractivity contribution in [3.8, 4) is 11.3 Å². The molecule has 2 aliphatic rings. The van der Waals surface area contributed by atoms with Gasteiger partial charge in [0.05, 0.1) is 23.7 Å². The molecule has 3 heterocycles. The minimum Gasteiger partial charge on any atom is -0.457 e. The first kappa shape index (κ1) is 19.7. The second kappa shape index (κ2) is 7.81. The van der Waals surface area contributed by atoms with Crippen molar-refractivity contribution in [1.29, 1.82) is 0 Å². The molecule has 1 aromatic heterocycles. The van der Waals surface area contributed by atoms with Crippen LogP contribution in [-0.2, 0) is 19.6 Å². The van der Waals surface area contributed by atoms with Gasteiger partial charge in [0.15, 0.2) is 0 Å². The Hall–Kier alpha value is -3.20. The summed E-state index contributed by atoms with van der Waals surface area (Å²) in [6.07, 6.45) is 1.71. The van der Waals surface area contributed by atoms with Crippen molar-refractivity contribution in [1.82, 2.24) is 4.31 Å². The normalized spacial score (nSPS) is 18.2. The summed E-state index contributed by atoms with van der Waals surface area (Å²) in [7, 11) is -3.54. The van der Waals surface area contributed by atoms with E-state index in [-0.39, 0.29) is 10.8 Å². The van der Waals surface area contributed by atoms with E-state index in [1.807, 2.05) is 24.3 Å². The molecule has 158 valence electrons. The van der Waals surface area contributed by atoms with Crippen LogP contribution >= 0.6 is 0 Å². The van der Waals surface area contributed by atoms with E-state index in [2.05, 4.69) is 5.32 Å². The van der Waals surface area contributed by atoms with Crippen LogP contribution in [0.3, 0.4) is 0 Å². The van der Waals surface area contributed by atoms with E-state index in [9.17, 15) is 13.2 Å². The van der Waals surface area contributed by atoms with Gasteiger partial charge < -0.3 is 14.5 Å². The van der Waals surface area contributed by atoms with Crippen LogP contribution in [0.15, 0.2) is 70.0 Å². The zero-order chi connectivity index (χ0) is 21.4. The Labute approximate surface area is 180 Å². The van der Waals surface area contributed by atoms with Crippen molar-refractivity contribution < 1.29 is 22.4 Å². The summed E-state index contributed by atoms with van der Waals surface area (Å²) in [4.78, 5) is 12.5. The lowest BCUT2D eigenvalue weighted by Gasteiger charge is -2.26. The molecule has 1 fully saturated rings. The SMILES string of the molecule is O=C1Nc2ccccc2/C1=C\c1ccc(-c2ccc(S(=O)(=O)N3CCOCC3)cc2)o1. The fourth-order valence-electron chi connectivity index (χ4n) is 3.74. The molecule has 2 aromatic carbocycles. The maximum atomic E-state index is 12.8. The number of para-hydroxylation sites is 1. The van der Waals surface area contributed by atoms with Crippen molar-refractivity contribution in [3.05, 3.63) is 72.0 Å². The number of anilines is 1. The molecule has 1 amide bonds. The zero-order valence-corrected chi connectivity index (χ0v) is 17.4. The molecular formula is C23H20N2O5S. The first-order chi connectivity index (χ1) is 15.0. The third kappa shape index (κ3) is 3.69. The quantitative estimate of drug-likeness (QED) is 0.633. The van der Waals surface area contributed by atoms with E-state index in [0.29, 0.717) is 43.4 Å². The van der Waals surface area contributed by atoms with Gasteiger partial charge in [0.2, 0.25) is 10.0 Å². The number of fused-ring (bicyclic) bond motifs is 1. The molecule has 3 aromatic rings. The summed E-state index contributed by atoms with van der Waals surface area (Å²) in [5.41, 5.74) is 2.91. The van der Waals surface area contributed by atoms with Crippen LogP contribution < -0.4 is 5.32 Å². The van der Waals surface area contributed by atoms with Crippen LogP contribution in [-0.4, -0.2) is 44.9 Å². The number of rotatable bonds is 4. The third-order valence-corrected chi connectivity index (χ3v) is 7.28. The average molecular weight is 436 g/mol. The molecular weight excluding hydrogens is 416 g/mol. The molecule has 0 radical (unpaired) electrons. The van der Waals surface area contributed by atoms with E-state index in [0.717, 1.165) is 16.8 Å². The lowest BCUT2D eigenvalue weighted by molar-refractivity contribution is -0.110. The number of hydrogen-bond donors (Lipinski definition) is 1. The van der Waals surface area contributed by atoms with E-state index in [4.69, 9.17) is 9.15 Å². The second-order valence-electron chi connectivity index (χ2n) is 7.30. The van der Waals surface area contributed by atoms with Gasteiger partial charge in [-0.05, 0) is 48.5 Å². The first-order valence-electron chi connectivity index (χ1n) is 9.93. The van der Waals surface area contributed by atoms with Crippen molar-refractivity contribution in [2.45, 2.75) is 4.90 Å². The number of furan rings is 1. The van der Waals surface area contributed by atoms with Crippen LogP contribution in [0.4, 0.5) is 5.69 Å². The predicted octanol–water partition coefficient (Wildman–Crippen LogP) is 3.46. The Morgan fingerprint density at radius 2 is 1.68 bits per heavy atom. The van der Waals surface area contributed by atoms with Gasteiger partial charge in [-0.1, -0.05) is 18.2 Å². The van der Waals surface area contributed by atoms with Crippen molar-refractivity contribution in [3.63, 3.8) is 0 Å². The van der Waals surface area contributed by atoms with Gasteiger partial charge in [-0.25, -0.2) is 8.42 Å². The first-order valence-corrected chi connectivity index (χ1v) is 11.4. The summed E-state index contributed by atoms with van der Waals surface area (Å²) < 4.78 is 38.1. The van der Waals surface area contributed by atoms with Gasteiger partial charge in [-0.3, -0.25) is 4.79 Å². The fourth-order valence-corrected chi connectivity index (χ4v) is 5.15. The fraction of sp³-hybridized carbons (Fsp3) is 0.174. The van der Waals surface area contributed by atoms with Crippen LogP contribution in [0.25, 0.3) is 23.0 Å². The van der Waals surface area contributed by atoms with E-state index in [1.54, 1.807) is 42.5 Å². The molecule has 5 rings (SSSR count). The van der Waals surface area contributed by atoms with E-state index < -0.39 is 10.0 Å². The largest absolute Gasteiger partial charge is 0.457 e. The molecule has 0 bridgehead atoms. The minimum absolute atomic E-state index is 0.170. The monoisotopic (exact) mass is 436 g/mol. The Kier molecular flexibility index (Phi) is 4.97. The van der Waals surface area contributed by atoms with Gasteiger partial charge in [0.1, 0.15) is 11.5 Å². The number of ether oxygens (including phenoxy) is 1. The van der Waals surface area contributed by atoms with Gasteiger partial charge in [-0.15, -0.1) is 0 Å². The molecule has 0 atom stereocenters. The Morgan fingerprint density at radius 1 is 0.935 bits per heavy atom. The highest BCUT2D eigenvalue weighted by Gasteiger charge is 2.26. The highest BCUT2D eigenvalue weighted by Crippen LogP contribution is 2.34. The number of sulfonamides is 1. The average Bonchev–Trinajstić information content (AvgIpc) is 3.39. The Bertz CT molecular complexity index is 1270. The molecule has 7 nitrogen and oxygen atoms in total. The van der Waals surface area contributed by atoms with Crippen LogP contribution in [0.5, 0.6) is 0 Å². The lowest BCUT2D eigenvalue weighted by Crippen LogP contribution is -2.40. The van der Waals surface area contributed by atoms with Crippen LogP contribution in [0.1, 0.15) is 11.3 Å². The molecule has 2 aliphatic heterocycles. The zero-order valence-electron chi connectivity index (χ0n) is 16.6. The molecule has 0 saturated carbocycles. The highest BCUT2D eigenvalue weighted by molar-refractivity contribution is 7.89. The molecule has 1 saturated heterocycles. The number of benzene rings is 2. The smallest absolute Gasteiger partial charge is 0.256 e.